The van der Waals surface area contributed by atoms with E-state index < -0.39 is 17.2 Å². The summed E-state index contributed by atoms with van der Waals surface area (Å²) < 4.78 is 19.7. The topological polar surface area (TPSA) is 117 Å². The second kappa shape index (κ2) is 9.21. The van der Waals surface area contributed by atoms with Crippen molar-refractivity contribution in [3.8, 4) is 0 Å². The lowest BCUT2D eigenvalue weighted by Gasteiger charge is -2.16. The number of rotatable bonds is 6. The summed E-state index contributed by atoms with van der Waals surface area (Å²) in [5.74, 6) is -0.458. The minimum Gasteiger partial charge on any atom is -0.324 e. The molecule has 3 aromatic heterocycles. The maximum absolute atomic E-state index is 14.6. The first-order chi connectivity index (χ1) is 17.2. The normalized spacial score (nSPS) is 11.4. The maximum Gasteiger partial charge on any atom is 0.355 e. The minimum absolute atomic E-state index is 0.125. The SMILES string of the molecule is Cn1cnc(Cn2c(=O)nc(Nc3cc4cn(C)nc4cc3Cl)n(Cc3cc(Cl)ccc3F)c2=O)n1. The van der Waals surface area contributed by atoms with Crippen LogP contribution >= 0.6 is 23.2 Å². The molecule has 0 atom stereocenters. The zero-order valence-electron chi connectivity index (χ0n) is 19.0. The summed E-state index contributed by atoms with van der Waals surface area (Å²) in [6.07, 6.45) is 3.23. The molecule has 0 saturated carbocycles. The van der Waals surface area contributed by atoms with Gasteiger partial charge in [0, 0.05) is 36.3 Å². The predicted molar refractivity (Wildman–Crippen MR) is 132 cm³/mol. The number of hydrogen-bond acceptors (Lipinski definition) is 7. The number of nitrogens with one attached hydrogen (secondary N) is 1. The molecule has 0 aliphatic rings. The van der Waals surface area contributed by atoms with Crippen molar-refractivity contribution >= 4 is 45.7 Å². The first kappa shape index (κ1) is 23.7. The van der Waals surface area contributed by atoms with Gasteiger partial charge in [-0.25, -0.2) is 23.5 Å². The molecule has 0 amide bonds. The highest BCUT2D eigenvalue weighted by molar-refractivity contribution is 6.34. The van der Waals surface area contributed by atoms with Crippen molar-refractivity contribution in [1.82, 2.24) is 38.7 Å². The van der Waals surface area contributed by atoms with Crippen molar-refractivity contribution < 1.29 is 4.39 Å². The zero-order chi connectivity index (χ0) is 25.6. The number of halogens is 3. The molecule has 0 fully saturated rings. The van der Waals surface area contributed by atoms with Crippen LogP contribution in [0, 0.1) is 5.82 Å². The standard InChI is InChI=1S/C22H18Cl2FN9O2/c1-31-8-13-6-18(15(24)7-17(13)29-31)27-20-28-21(35)34(10-19-26-11-32(2)30-19)22(36)33(20)9-12-5-14(23)3-4-16(12)25/h3-8,11H,9-10H2,1-2H3,(H,27,28,35). The Hall–Kier alpha value is -4.03. The van der Waals surface area contributed by atoms with E-state index in [-0.39, 0.29) is 40.5 Å². The Labute approximate surface area is 212 Å². The molecule has 14 heteroatoms. The Morgan fingerprint density at radius 2 is 1.81 bits per heavy atom. The highest BCUT2D eigenvalue weighted by Crippen LogP contribution is 2.29. The maximum atomic E-state index is 14.6. The minimum atomic E-state index is -0.837. The number of fused-ring (bicyclic) bond motifs is 1. The van der Waals surface area contributed by atoms with Gasteiger partial charge in [0.05, 0.1) is 29.3 Å². The zero-order valence-corrected chi connectivity index (χ0v) is 20.5. The average Bonchev–Trinajstić information content (AvgIpc) is 3.39. The number of aromatic nitrogens is 8. The van der Waals surface area contributed by atoms with Crippen molar-refractivity contribution in [3.63, 3.8) is 0 Å². The highest BCUT2D eigenvalue weighted by atomic mass is 35.5. The Morgan fingerprint density at radius 1 is 1.00 bits per heavy atom. The molecule has 0 bridgehead atoms. The molecular formula is C22H18Cl2FN9O2. The van der Waals surface area contributed by atoms with Crippen LogP contribution in [0.25, 0.3) is 10.9 Å². The third kappa shape index (κ3) is 4.60. The van der Waals surface area contributed by atoms with Gasteiger partial charge in [0.1, 0.15) is 12.1 Å². The van der Waals surface area contributed by atoms with E-state index >= 15 is 0 Å². The fourth-order valence-electron chi connectivity index (χ4n) is 3.72. The molecule has 0 aliphatic carbocycles. The molecule has 0 spiro atoms. The molecule has 0 radical (unpaired) electrons. The molecule has 0 unspecified atom stereocenters. The lowest BCUT2D eigenvalue weighted by molar-refractivity contribution is 0.554. The largest absolute Gasteiger partial charge is 0.355 e. The van der Waals surface area contributed by atoms with Crippen molar-refractivity contribution in [3.05, 3.63) is 91.1 Å². The van der Waals surface area contributed by atoms with Gasteiger partial charge in [-0.2, -0.15) is 15.2 Å². The molecule has 36 heavy (non-hydrogen) atoms. The molecule has 1 N–H and O–H groups in total. The lowest BCUT2D eigenvalue weighted by Crippen LogP contribution is -2.43. The van der Waals surface area contributed by atoms with Crippen LogP contribution in [-0.2, 0) is 27.2 Å². The van der Waals surface area contributed by atoms with Gasteiger partial charge in [0.25, 0.3) is 0 Å². The van der Waals surface area contributed by atoms with Crippen molar-refractivity contribution in [2.45, 2.75) is 13.1 Å². The van der Waals surface area contributed by atoms with Crippen LogP contribution in [0.15, 0.2) is 52.4 Å². The number of aryl methyl sites for hydroxylation is 2. The fraction of sp³-hybridized carbons (Fsp3) is 0.182. The van der Waals surface area contributed by atoms with E-state index in [4.69, 9.17) is 23.2 Å². The molecule has 3 heterocycles. The van der Waals surface area contributed by atoms with E-state index in [1.165, 1.54) is 29.2 Å². The van der Waals surface area contributed by atoms with E-state index in [2.05, 4.69) is 25.5 Å². The average molecular weight is 530 g/mol. The van der Waals surface area contributed by atoms with Gasteiger partial charge < -0.3 is 5.32 Å². The van der Waals surface area contributed by atoms with Gasteiger partial charge in [-0.05, 0) is 30.3 Å². The smallest absolute Gasteiger partial charge is 0.324 e. The highest BCUT2D eigenvalue weighted by Gasteiger charge is 2.18. The Morgan fingerprint density at radius 3 is 2.56 bits per heavy atom. The summed E-state index contributed by atoms with van der Waals surface area (Å²) in [6.45, 7) is -0.477. The molecule has 2 aromatic carbocycles. The monoisotopic (exact) mass is 529 g/mol. The van der Waals surface area contributed by atoms with Gasteiger partial charge >= 0.3 is 11.4 Å². The predicted octanol–water partition coefficient (Wildman–Crippen LogP) is 2.71. The van der Waals surface area contributed by atoms with E-state index in [0.717, 1.165) is 14.5 Å². The Kier molecular flexibility index (Phi) is 6.06. The van der Waals surface area contributed by atoms with Crippen LogP contribution in [-0.4, -0.2) is 38.7 Å². The molecule has 184 valence electrons. The number of hydrogen-bond donors (Lipinski definition) is 1. The summed E-state index contributed by atoms with van der Waals surface area (Å²) in [4.78, 5) is 34.5. The first-order valence-electron chi connectivity index (χ1n) is 10.6. The summed E-state index contributed by atoms with van der Waals surface area (Å²) in [6, 6.07) is 7.36. The number of anilines is 2. The van der Waals surface area contributed by atoms with E-state index in [0.29, 0.717) is 11.2 Å². The van der Waals surface area contributed by atoms with Crippen LogP contribution < -0.4 is 16.7 Å². The van der Waals surface area contributed by atoms with Gasteiger partial charge in [-0.15, -0.1) is 0 Å². The van der Waals surface area contributed by atoms with Crippen LogP contribution in [0.4, 0.5) is 16.0 Å². The van der Waals surface area contributed by atoms with Gasteiger partial charge in [-0.1, -0.05) is 23.2 Å². The van der Waals surface area contributed by atoms with Crippen LogP contribution in [0.3, 0.4) is 0 Å². The van der Waals surface area contributed by atoms with Crippen molar-refractivity contribution in [2.75, 3.05) is 5.32 Å². The van der Waals surface area contributed by atoms with Gasteiger partial charge in [0.15, 0.2) is 5.82 Å². The third-order valence-corrected chi connectivity index (χ3v) is 5.93. The molecule has 5 rings (SSSR count). The summed E-state index contributed by atoms with van der Waals surface area (Å²) in [7, 11) is 3.43. The molecule has 0 saturated heterocycles. The first-order valence-corrected chi connectivity index (χ1v) is 11.3. The van der Waals surface area contributed by atoms with Crippen LogP contribution in [0.5, 0.6) is 0 Å². The Bertz CT molecular complexity index is 1740. The summed E-state index contributed by atoms with van der Waals surface area (Å²) in [5.41, 5.74) is -0.408. The fourth-order valence-corrected chi connectivity index (χ4v) is 4.12. The summed E-state index contributed by atoms with van der Waals surface area (Å²) in [5, 5.41) is 12.7. The van der Waals surface area contributed by atoms with Crippen molar-refractivity contribution in [1.29, 1.82) is 0 Å². The van der Waals surface area contributed by atoms with Crippen LogP contribution in [0.2, 0.25) is 10.0 Å². The quantitative estimate of drug-likeness (QED) is 0.359. The lowest BCUT2D eigenvalue weighted by atomic mass is 10.2. The summed E-state index contributed by atoms with van der Waals surface area (Å²) >= 11 is 12.5. The van der Waals surface area contributed by atoms with Gasteiger partial charge in [-0.3, -0.25) is 13.9 Å². The van der Waals surface area contributed by atoms with E-state index in [1.807, 2.05) is 0 Å². The molecule has 5 aromatic rings. The number of benzene rings is 2. The molecule has 11 nitrogen and oxygen atoms in total. The molecule has 0 aliphatic heterocycles. The van der Waals surface area contributed by atoms with E-state index in [1.54, 1.807) is 37.1 Å². The second-order valence-corrected chi connectivity index (χ2v) is 8.91. The third-order valence-electron chi connectivity index (χ3n) is 5.39. The van der Waals surface area contributed by atoms with Gasteiger partial charge in [0.2, 0.25) is 5.95 Å². The Balaban J connectivity index is 1.64. The van der Waals surface area contributed by atoms with Crippen molar-refractivity contribution in [2.24, 2.45) is 14.1 Å². The molecular weight excluding hydrogens is 512 g/mol. The second-order valence-electron chi connectivity index (χ2n) is 8.06. The number of nitrogens with zero attached hydrogens (tertiary/aromatic N) is 8. The van der Waals surface area contributed by atoms with Crippen LogP contribution in [0.1, 0.15) is 11.4 Å². The van der Waals surface area contributed by atoms with E-state index in [9.17, 15) is 14.0 Å².